The van der Waals surface area contributed by atoms with Crippen LogP contribution in [0.3, 0.4) is 0 Å². The van der Waals surface area contributed by atoms with Gasteiger partial charge in [0.2, 0.25) is 0 Å². The largest absolute Gasteiger partial charge is 0.321 e. The molecule has 0 radical (unpaired) electrons. The molecular formula is C12H16ClN. The Bertz CT molecular complexity index is 340. The van der Waals surface area contributed by atoms with Crippen molar-refractivity contribution in [2.75, 3.05) is 0 Å². The molecule has 14 heavy (non-hydrogen) atoms. The van der Waals surface area contributed by atoms with E-state index in [1.165, 1.54) is 18.4 Å². The molecule has 1 fully saturated rings. The second-order valence-electron chi connectivity index (χ2n) is 4.35. The maximum atomic E-state index is 6.35. The van der Waals surface area contributed by atoms with Gasteiger partial charge in [-0.1, -0.05) is 36.6 Å². The Morgan fingerprint density at radius 1 is 1.29 bits per heavy atom. The van der Waals surface area contributed by atoms with E-state index >= 15 is 0 Å². The van der Waals surface area contributed by atoms with Gasteiger partial charge in [0, 0.05) is 10.6 Å². The topological polar surface area (TPSA) is 26.0 Å². The lowest BCUT2D eigenvalue weighted by molar-refractivity contribution is 0.462. The van der Waals surface area contributed by atoms with Gasteiger partial charge in [0.05, 0.1) is 0 Å². The van der Waals surface area contributed by atoms with Gasteiger partial charge in [-0.2, -0.15) is 0 Å². The van der Waals surface area contributed by atoms with Gasteiger partial charge in [-0.3, -0.25) is 0 Å². The number of aryl methyl sites for hydroxylation is 1. The first-order chi connectivity index (χ1) is 6.62. The molecule has 0 heterocycles. The SMILES string of the molecule is Cc1ccc(C2(N)CCCC2)c(Cl)c1. The van der Waals surface area contributed by atoms with Crippen LogP contribution in [0.5, 0.6) is 0 Å². The van der Waals surface area contributed by atoms with Crippen LogP contribution in [0.4, 0.5) is 0 Å². The molecular weight excluding hydrogens is 194 g/mol. The average molecular weight is 210 g/mol. The first kappa shape index (κ1) is 10.0. The molecule has 2 rings (SSSR count). The van der Waals surface area contributed by atoms with E-state index in [0.717, 1.165) is 23.4 Å². The molecule has 0 bridgehead atoms. The van der Waals surface area contributed by atoms with Crippen LogP contribution < -0.4 is 5.73 Å². The maximum Gasteiger partial charge on any atom is 0.0459 e. The van der Waals surface area contributed by atoms with Crippen molar-refractivity contribution in [3.63, 3.8) is 0 Å². The average Bonchev–Trinajstić information content (AvgIpc) is 2.52. The molecule has 0 aliphatic heterocycles. The Hall–Kier alpha value is -0.530. The number of halogens is 1. The van der Waals surface area contributed by atoms with Gasteiger partial charge >= 0.3 is 0 Å². The van der Waals surface area contributed by atoms with Crippen molar-refractivity contribution in [3.05, 3.63) is 34.3 Å². The smallest absolute Gasteiger partial charge is 0.0459 e. The van der Waals surface area contributed by atoms with E-state index in [1.54, 1.807) is 0 Å². The third kappa shape index (κ3) is 1.67. The quantitative estimate of drug-likeness (QED) is 0.754. The van der Waals surface area contributed by atoms with Crippen molar-refractivity contribution in [1.29, 1.82) is 0 Å². The number of rotatable bonds is 1. The summed E-state index contributed by atoms with van der Waals surface area (Å²) in [7, 11) is 0. The van der Waals surface area contributed by atoms with Crippen LogP contribution in [-0.2, 0) is 5.54 Å². The predicted molar refractivity (Wildman–Crippen MR) is 60.5 cm³/mol. The fourth-order valence-electron chi connectivity index (χ4n) is 2.30. The molecule has 1 saturated carbocycles. The van der Waals surface area contributed by atoms with Gasteiger partial charge < -0.3 is 5.73 Å². The van der Waals surface area contributed by atoms with Crippen LogP contribution in [0, 0.1) is 6.92 Å². The highest BCUT2D eigenvalue weighted by molar-refractivity contribution is 6.31. The lowest BCUT2D eigenvalue weighted by Gasteiger charge is -2.25. The summed E-state index contributed by atoms with van der Waals surface area (Å²) in [6.45, 7) is 2.05. The summed E-state index contributed by atoms with van der Waals surface area (Å²) in [6.07, 6.45) is 4.58. The number of hydrogen-bond acceptors (Lipinski definition) is 1. The van der Waals surface area contributed by atoms with Crippen molar-refractivity contribution < 1.29 is 0 Å². The first-order valence-electron chi connectivity index (χ1n) is 5.17. The van der Waals surface area contributed by atoms with E-state index in [9.17, 15) is 0 Å². The van der Waals surface area contributed by atoms with Crippen LogP contribution in [0.25, 0.3) is 0 Å². The van der Waals surface area contributed by atoms with Crippen LogP contribution in [0.15, 0.2) is 18.2 Å². The minimum atomic E-state index is -0.162. The van der Waals surface area contributed by atoms with E-state index in [0.29, 0.717) is 0 Å². The van der Waals surface area contributed by atoms with E-state index in [4.69, 9.17) is 17.3 Å². The molecule has 0 saturated heterocycles. The van der Waals surface area contributed by atoms with Gasteiger partial charge in [0.25, 0.3) is 0 Å². The molecule has 0 spiro atoms. The fraction of sp³-hybridized carbons (Fsp3) is 0.500. The summed E-state index contributed by atoms with van der Waals surface area (Å²) in [4.78, 5) is 0. The molecule has 0 unspecified atom stereocenters. The van der Waals surface area contributed by atoms with Crippen LogP contribution in [0.2, 0.25) is 5.02 Å². The molecule has 76 valence electrons. The van der Waals surface area contributed by atoms with E-state index in [2.05, 4.69) is 12.1 Å². The first-order valence-corrected chi connectivity index (χ1v) is 5.55. The zero-order chi connectivity index (χ0) is 10.2. The van der Waals surface area contributed by atoms with E-state index in [1.807, 2.05) is 13.0 Å². The summed E-state index contributed by atoms with van der Waals surface area (Å²) in [6, 6.07) is 6.18. The van der Waals surface area contributed by atoms with E-state index in [-0.39, 0.29) is 5.54 Å². The molecule has 1 aromatic carbocycles. The Morgan fingerprint density at radius 2 is 1.93 bits per heavy atom. The summed E-state index contributed by atoms with van der Waals surface area (Å²) in [5.41, 5.74) is 8.51. The normalized spacial score (nSPS) is 19.9. The van der Waals surface area contributed by atoms with Gasteiger partial charge in [0.15, 0.2) is 0 Å². The molecule has 2 N–H and O–H groups in total. The standard InChI is InChI=1S/C12H16ClN/c1-9-4-5-10(11(13)8-9)12(14)6-2-3-7-12/h4-5,8H,2-3,6-7,14H2,1H3. The molecule has 1 aliphatic carbocycles. The highest BCUT2D eigenvalue weighted by atomic mass is 35.5. The Morgan fingerprint density at radius 3 is 2.50 bits per heavy atom. The molecule has 0 aromatic heterocycles. The fourth-order valence-corrected chi connectivity index (χ4v) is 2.72. The summed E-state index contributed by atoms with van der Waals surface area (Å²) < 4.78 is 0. The zero-order valence-corrected chi connectivity index (χ0v) is 9.27. The van der Waals surface area contributed by atoms with Gasteiger partial charge in [-0.05, 0) is 37.0 Å². The molecule has 1 aliphatic rings. The lowest BCUT2D eigenvalue weighted by atomic mass is 9.89. The summed E-state index contributed by atoms with van der Waals surface area (Å²) in [5.74, 6) is 0. The van der Waals surface area contributed by atoms with Crippen LogP contribution in [0.1, 0.15) is 36.8 Å². The zero-order valence-electron chi connectivity index (χ0n) is 8.52. The summed E-state index contributed by atoms with van der Waals surface area (Å²) in [5, 5.41) is 0.828. The number of benzene rings is 1. The second-order valence-corrected chi connectivity index (χ2v) is 4.75. The summed E-state index contributed by atoms with van der Waals surface area (Å²) >= 11 is 6.22. The molecule has 2 heteroatoms. The highest BCUT2D eigenvalue weighted by Crippen LogP contribution is 2.39. The second kappa shape index (κ2) is 3.56. The maximum absolute atomic E-state index is 6.35. The monoisotopic (exact) mass is 209 g/mol. The van der Waals surface area contributed by atoms with Gasteiger partial charge in [-0.15, -0.1) is 0 Å². The molecule has 1 nitrogen and oxygen atoms in total. The van der Waals surface area contributed by atoms with Crippen molar-refractivity contribution >= 4 is 11.6 Å². The molecule has 1 aromatic rings. The Balaban J connectivity index is 2.40. The van der Waals surface area contributed by atoms with Crippen molar-refractivity contribution in [2.24, 2.45) is 5.73 Å². The van der Waals surface area contributed by atoms with Crippen molar-refractivity contribution in [1.82, 2.24) is 0 Å². The van der Waals surface area contributed by atoms with Crippen LogP contribution in [-0.4, -0.2) is 0 Å². The molecule has 0 amide bonds. The lowest BCUT2D eigenvalue weighted by Crippen LogP contribution is -2.33. The third-order valence-electron chi connectivity index (χ3n) is 3.16. The Labute approximate surface area is 90.3 Å². The van der Waals surface area contributed by atoms with E-state index < -0.39 is 0 Å². The van der Waals surface area contributed by atoms with Crippen molar-refractivity contribution in [3.8, 4) is 0 Å². The minimum Gasteiger partial charge on any atom is -0.321 e. The predicted octanol–water partition coefficient (Wildman–Crippen LogP) is 3.38. The highest BCUT2D eigenvalue weighted by Gasteiger charge is 2.32. The van der Waals surface area contributed by atoms with Crippen molar-refractivity contribution in [2.45, 2.75) is 38.1 Å². The Kier molecular flexibility index (Phi) is 2.54. The van der Waals surface area contributed by atoms with Crippen LogP contribution >= 0.6 is 11.6 Å². The third-order valence-corrected chi connectivity index (χ3v) is 3.47. The number of nitrogens with two attached hydrogens (primary N) is 1. The number of hydrogen-bond donors (Lipinski definition) is 1. The molecule has 0 atom stereocenters. The minimum absolute atomic E-state index is 0.162. The van der Waals surface area contributed by atoms with Gasteiger partial charge in [0.1, 0.15) is 0 Å². The van der Waals surface area contributed by atoms with Gasteiger partial charge in [-0.25, -0.2) is 0 Å².